The maximum atomic E-state index is 5.90. The largest absolute Gasteiger partial charge is 0.388 e. The van der Waals surface area contributed by atoms with E-state index in [9.17, 15) is 0 Å². The molecule has 0 saturated carbocycles. The lowest BCUT2D eigenvalue weighted by Crippen LogP contribution is -2.35. The minimum absolute atomic E-state index is 0.204. The minimum atomic E-state index is -0.204. The summed E-state index contributed by atoms with van der Waals surface area (Å²) in [5.74, 6) is 0. The first kappa shape index (κ1) is 16.4. The average molecular weight is 329 g/mol. The van der Waals surface area contributed by atoms with E-state index in [4.69, 9.17) is 9.47 Å². The molecule has 0 atom stereocenters. The lowest BCUT2D eigenvalue weighted by Gasteiger charge is -2.36. The maximum absolute atomic E-state index is 5.90. The van der Waals surface area contributed by atoms with Gasteiger partial charge in [0.15, 0.2) is 0 Å². The highest BCUT2D eigenvalue weighted by atomic mass is 32.2. The highest BCUT2D eigenvalue weighted by Crippen LogP contribution is 2.38. The number of ether oxygens (including phenoxy) is 2. The Morgan fingerprint density at radius 1 is 1.04 bits per heavy atom. The molecule has 0 spiro atoms. The molecule has 1 aliphatic heterocycles. The fourth-order valence-electron chi connectivity index (χ4n) is 2.98. The van der Waals surface area contributed by atoms with Gasteiger partial charge in [0.1, 0.15) is 0 Å². The Bertz CT molecular complexity index is 636. The van der Waals surface area contributed by atoms with Crippen LogP contribution in [0.5, 0.6) is 0 Å². The van der Waals surface area contributed by atoms with Crippen LogP contribution in [0.4, 0.5) is 5.69 Å². The van der Waals surface area contributed by atoms with Crippen molar-refractivity contribution in [3.8, 4) is 0 Å². The molecule has 0 aliphatic carbocycles. The van der Waals surface area contributed by atoms with E-state index in [1.807, 2.05) is 14.2 Å². The van der Waals surface area contributed by atoms with Gasteiger partial charge >= 0.3 is 0 Å². The lowest BCUT2D eigenvalue weighted by molar-refractivity contribution is -0.0948. The van der Waals surface area contributed by atoms with E-state index in [0.717, 1.165) is 31.7 Å². The molecule has 1 fully saturated rings. The van der Waals surface area contributed by atoms with Crippen molar-refractivity contribution in [1.82, 2.24) is 0 Å². The van der Waals surface area contributed by atoms with E-state index in [-0.39, 0.29) is 5.60 Å². The third-order valence-corrected chi connectivity index (χ3v) is 5.43. The highest BCUT2D eigenvalue weighted by Gasteiger charge is 2.34. The van der Waals surface area contributed by atoms with Crippen molar-refractivity contribution in [2.45, 2.75) is 28.2 Å². The van der Waals surface area contributed by atoms with E-state index < -0.39 is 0 Å². The summed E-state index contributed by atoms with van der Waals surface area (Å²) < 4.78 is 11.4. The molecule has 1 saturated heterocycles. The van der Waals surface area contributed by atoms with Gasteiger partial charge in [-0.05, 0) is 42.0 Å². The molecule has 2 aromatic carbocycles. The maximum Gasteiger partial charge on any atom is 0.0971 e. The molecule has 0 aromatic heterocycles. The number of hydrogen-bond acceptors (Lipinski definition) is 4. The van der Waals surface area contributed by atoms with E-state index in [1.165, 1.54) is 15.4 Å². The molecule has 1 heterocycles. The van der Waals surface area contributed by atoms with Gasteiger partial charge < -0.3 is 14.8 Å². The van der Waals surface area contributed by atoms with E-state index >= 15 is 0 Å². The molecule has 3 rings (SSSR count). The molecule has 1 aliphatic rings. The van der Waals surface area contributed by atoms with Crippen molar-refractivity contribution in [3.05, 3.63) is 54.1 Å². The Labute approximate surface area is 142 Å². The Balaban J connectivity index is 1.81. The normalized spacial score (nSPS) is 17.0. The van der Waals surface area contributed by atoms with Crippen molar-refractivity contribution in [1.29, 1.82) is 0 Å². The van der Waals surface area contributed by atoms with Crippen LogP contribution >= 0.6 is 11.8 Å². The van der Waals surface area contributed by atoms with Gasteiger partial charge in [0, 0.05) is 55.7 Å². The standard InChI is InChI=1S/C19H23NO2S/c1-20-16-6-8-17(9-7-16)23-18-5-3-4-15(14-18)19(21-2)10-12-22-13-11-19/h3-9,14,20H,10-13H2,1-2H3. The molecule has 2 aromatic rings. The van der Waals surface area contributed by atoms with Crippen LogP contribution in [0.25, 0.3) is 0 Å². The summed E-state index contributed by atoms with van der Waals surface area (Å²) in [6, 6.07) is 17.2. The van der Waals surface area contributed by atoms with Crippen LogP contribution < -0.4 is 5.32 Å². The third kappa shape index (κ3) is 3.71. The van der Waals surface area contributed by atoms with Gasteiger partial charge in [0.2, 0.25) is 0 Å². The topological polar surface area (TPSA) is 30.5 Å². The Morgan fingerprint density at radius 3 is 2.43 bits per heavy atom. The summed E-state index contributed by atoms with van der Waals surface area (Å²) in [6.45, 7) is 1.52. The second kappa shape index (κ2) is 7.39. The number of hydrogen-bond donors (Lipinski definition) is 1. The zero-order chi connectivity index (χ0) is 16.1. The van der Waals surface area contributed by atoms with Gasteiger partial charge in [-0.3, -0.25) is 0 Å². The van der Waals surface area contributed by atoms with Crippen LogP contribution in [-0.2, 0) is 15.1 Å². The first-order valence-electron chi connectivity index (χ1n) is 7.95. The van der Waals surface area contributed by atoms with Crippen molar-refractivity contribution in [3.63, 3.8) is 0 Å². The molecular formula is C19H23NO2S. The molecule has 0 amide bonds. The fraction of sp³-hybridized carbons (Fsp3) is 0.368. The molecular weight excluding hydrogens is 306 g/mol. The summed E-state index contributed by atoms with van der Waals surface area (Å²) in [5, 5.41) is 3.15. The van der Waals surface area contributed by atoms with Gasteiger partial charge in [-0.1, -0.05) is 23.9 Å². The molecule has 3 nitrogen and oxygen atoms in total. The highest BCUT2D eigenvalue weighted by molar-refractivity contribution is 7.99. The number of nitrogens with one attached hydrogen (secondary N) is 1. The number of benzene rings is 2. The Kier molecular flexibility index (Phi) is 5.26. The fourth-order valence-corrected chi connectivity index (χ4v) is 3.86. The van der Waals surface area contributed by atoms with Gasteiger partial charge in [-0.15, -0.1) is 0 Å². The minimum Gasteiger partial charge on any atom is -0.388 e. The molecule has 23 heavy (non-hydrogen) atoms. The SMILES string of the molecule is CNc1ccc(Sc2cccc(C3(OC)CCOCC3)c2)cc1. The van der Waals surface area contributed by atoms with E-state index in [1.54, 1.807) is 11.8 Å². The summed E-state index contributed by atoms with van der Waals surface area (Å²) >= 11 is 1.78. The Morgan fingerprint density at radius 2 is 1.78 bits per heavy atom. The van der Waals surface area contributed by atoms with Crippen molar-refractivity contribution in [2.75, 3.05) is 32.7 Å². The van der Waals surface area contributed by atoms with Crippen LogP contribution in [0, 0.1) is 0 Å². The van der Waals surface area contributed by atoms with Crippen LogP contribution in [0.2, 0.25) is 0 Å². The van der Waals surface area contributed by atoms with E-state index in [0.29, 0.717) is 0 Å². The predicted octanol–water partition coefficient (Wildman–Crippen LogP) is 4.53. The van der Waals surface area contributed by atoms with E-state index in [2.05, 4.69) is 53.8 Å². The van der Waals surface area contributed by atoms with Gasteiger partial charge in [-0.25, -0.2) is 0 Å². The predicted molar refractivity (Wildman–Crippen MR) is 95.3 cm³/mol. The quantitative estimate of drug-likeness (QED) is 0.873. The van der Waals surface area contributed by atoms with Crippen LogP contribution in [0.15, 0.2) is 58.3 Å². The number of methoxy groups -OCH3 is 1. The first-order chi connectivity index (χ1) is 11.3. The van der Waals surface area contributed by atoms with Crippen molar-refractivity contribution >= 4 is 17.4 Å². The Hall–Kier alpha value is -1.49. The second-order valence-electron chi connectivity index (χ2n) is 5.72. The smallest absolute Gasteiger partial charge is 0.0971 e. The third-order valence-electron chi connectivity index (χ3n) is 4.43. The molecule has 0 bridgehead atoms. The molecule has 0 radical (unpaired) electrons. The summed E-state index contributed by atoms with van der Waals surface area (Å²) in [5.41, 5.74) is 2.17. The summed E-state index contributed by atoms with van der Waals surface area (Å²) in [7, 11) is 3.74. The average Bonchev–Trinajstić information content (AvgIpc) is 2.63. The summed E-state index contributed by atoms with van der Waals surface area (Å²) in [4.78, 5) is 2.47. The molecule has 4 heteroatoms. The lowest BCUT2D eigenvalue weighted by atomic mass is 9.86. The van der Waals surface area contributed by atoms with Crippen LogP contribution in [-0.4, -0.2) is 27.4 Å². The zero-order valence-electron chi connectivity index (χ0n) is 13.7. The number of rotatable bonds is 5. The van der Waals surface area contributed by atoms with Gasteiger partial charge in [0.25, 0.3) is 0 Å². The molecule has 0 unspecified atom stereocenters. The van der Waals surface area contributed by atoms with Crippen LogP contribution in [0.3, 0.4) is 0 Å². The summed E-state index contributed by atoms with van der Waals surface area (Å²) in [6.07, 6.45) is 1.82. The van der Waals surface area contributed by atoms with Crippen LogP contribution in [0.1, 0.15) is 18.4 Å². The molecule has 1 N–H and O–H groups in total. The van der Waals surface area contributed by atoms with Crippen molar-refractivity contribution < 1.29 is 9.47 Å². The number of anilines is 1. The zero-order valence-corrected chi connectivity index (χ0v) is 14.5. The second-order valence-corrected chi connectivity index (χ2v) is 6.86. The first-order valence-corrected chi connectivity index (χ1v) is 8.76. The van der Waals surface area contributed by atoms with Crippen molar-refractivity contribution in [2.24, 2.45) is 0 Å². The monoisotopic (exact) mass is 329 g/mol. The van der Waals surface area contributed by atoms with Gasteiger partial charge in [0.05, 0.1) is 5.60 Å². The molecule has 122 valence electrons. The van der Waals surface area contributed by atoms with Gasteiger partial charge in [-0.2, -0.15) is 0 Å².